The Bertz CT molecular complexity index is 770. The van der Waals surface area contributed by atoms with Crippen LogP contribution < -0.4 is 0 Å². The Morgan fingerprint density at radius 3 is 2.89 bits per heavy atom. The zero-order chi connectivity index (χ0) is 19.6. The lowest BCUT2D eigenvalue weighted by Crippen LogP contribution is -2.36. The molecule has 1 fully saturated rings. The molecule has 2 aromatic heterocycles. The van der Waals surface area contributed by atoms with Gasteiger partial charge in [0, 0.05) is 6.42 Å². The number of hydrogen-bond donors (Lipinski definition) is 2. The van der Waals surface area contributed by atoms with E-state index in [2.05, 4.69) is 10.3 Å². The molecule has 0 saturated carbocycles. The second-order valence-electron chi connectivity index (χ2n) is 6.58. The molecule has 10 heteroatoms. The van der Waals surface area contributed by atoms with E-state index in [0.717, 1.165) is 4.88 Å². The van der Waals surface area contributed by atoms with Gasteiger partial charge >= 0.3 is 5.97 Å². The van der Waals surface area contributed by atoms with E-state index in [0.29, 0.717) is 12.1 Å². The van der Waals surface area contributed by atoms with Gasteiger partial charge in [-0.2, -0.15) is 0 Å². The fraction of sp³-hybridized carbons (Fsp3) is 0.588. The van der Waals surface area contributed by atoms with Crippen molar-refractivity contribution in [3.63, 3.8) is 0 Å². The summed E-state index contributed by atoms with van der Waals surface area (Å²) in [5.74, 6) is -1.93. The first-order valence-electron chi connectivity index (χ1n) is 8.66. The fourth-order valence-corrected chi connectivity index (χ4v) is 3.75. The number of thiophene rings is 1. The lowest BCUT2D eigenvalue weighted by molar-refractivity contribution is -0.217. The predicted octanol–water partition coefficient (Wildman–Crippen LogP) is 1.58. The topological polar surface area (TPSA) is 116 Å². The van der Waals surface area contributed by atoms with Gasteiger partial charge in [-0.3, -0.25) is 0 Å². The summed E-state index contributed by atoms with van der Waals surface area (Å²) in [6.07, 6.45) is -1.44. The maximum absolute atomic E-state index is 12.3. The van der Waals surface area contributed by atoms with Crippen molar-refractivity contribution in [2.24, 2.45) is 0 Å². The van der Waals surface area contributed by atoms with Gasteiger partial charge in [-0.15, -0.1) is 16.4 Å². The minimum absolute atomic E-state index is 0.107. The standard InChI is InChI=1S/C17H23N3O6S/c1-4-24-16(22)14-15(12-6-5-7-27-12)20(19-18-14)13-8-10(11(9-21)25-13)26-17(2,3)23/h5-7,10-11,13,21,23H,4,8-9H2,1-3H3/t10-,11+,13+/m0/s1. The minimum Gasteiger partial charge on any atom is -0.461 e. The molecule has 0 aromatic carbocycles. The van der Waals surface area contributed by atoms with E-state index in [1.807, 2.05) is 17.5 Å². The van der Waals surface area contributed by atoms with Crippen LogP contribution in [-0.2, 0) is 14.2 Å². The number of rotatable bonds is 7. The van der Waals surface area contributed by atoms with Crippen molar-refractivity contribution in [3.05, 3.63) is 23.2 Å². The van der Waals surface area contributed by atoms with Crippen LogP contribution in [0.1, 0.15) is 43.9 Å². The summed E-state index contributed by atoms with van der Waals surface area (Å²) in [6.45, 7) is 4.70. The van der Waals surface area contributed by atoms with Crippen LogP contribution in [-0.4, -0.2) is 62.4 Å². The number of ether oxygens (including phenoxy) is 3. The van der Waals surface area contributed by atoms with E-state index >= 15 is 0 Å². The van der Waals surface area contributed by atoms with E-state index in [9.17, 15) is 15.0 Å². The molecule has 0 radical (unpaired) electrons. The van der Waals surface area contributed by atoms with Gasteiger partial charge in [0.2, 0.25) is 0 Å². The molecule has 0 unspecified atom stereocenters. The predicted molar refractivity (Wildman–Crippen MR) is 96.1 cm³/mol. The van der Waals surface area contributed by atoms with Crippen molar-refractivity contribution in [2.45, 2.75) is 51.4 Å². The number of esters is 1. The highest BCUT2D eigenvalue weighted by Crippen LogP contribution is 2.37. The summed E-state index contributed by atoms with van der Waals surface area (Å²) < 4.78 is 18.1. The Morgan fingerprint density at radius 1 is 1.52 bits per heavy atom. The first-order chi connectivity index (χ1) is 12.8. The van der Waals surface area contributed by atoms with E-state index in [4.69, 9.17) is 14.2 Å². The van der Waals surface area contributed by atoms with Crippen molar-refractivity contribution in [1.82, 2.24) is 15.0 Å². The van der Waals surface area contributed by atoms with Crippen LogP contribution in [0.4, 0.5) is 0 Å². The Hall–Kier alpha value is -1.85. The highest BCUT2D eigenvalue weighted by Gasteiger charge is 2.41. The van der Waals surface area contributed by atoms with Crippen molar-refractivity contribution >= 4 is 17.3 Å². The van der Waals surface area contributed by atoms with Crippen molar-refractivity contribution in [3.8, 4) is 10.6 Å². The molecule has 1 aliphatic heterocycles. The van der Waals surface area contributed by atoms with Crippen molar-refractivity contribution in [1.29, 1.82) is 0 Å². The summed E-state index contributed by atoms with van der Waals surface area (Å²) in [6, 6.07) is 3.71. The molecular formula is C17H23N3O6S. The highest BCUT2D eigenvalue weighted by molar-refractivity contribution is 7.13. The lowest BCUT2D eigenvalue weighted by atomic mass is 10.1. The van der Waals surface area contributed by atoms with E-state index in [1.54, 1.807) is 6.92 Å². The molecular weight excluding hydrogens is 374 g/mol. The van der Waals surface area contributed by atoms with Gasteiger partial charge in [-0.1, -0.05) is 11.3 Å². The van der Waals surface area contributed by atoms with Gasteiger partial charge in [0.05, 0.1) is 24.2 Å². The Balaban J connectivity index is 1.94. The van der Waals surface area contributed by atoms with E-state index in [1.165, 1.54) is 29.9 Å². The molecule has 0 spiro atoms. The van der Waals surface area contributed by atoms with Gasteiger partial charge < -0.3 is 24.4 Å². The molecule has 1 saturated heterocycles. The third-order valence-corrected chi connectivity index (χ3v) is 4.87. The quantitative estimate of drug-likeness (QED) is 0.534. The third kappa shape index (κ3) is 4.36. The van der Waals surface area contributed by atoms with Crippen LogP contribution in [0, 0.1) is 0 Å². The molecule has 9 nitrogen and oxygen atoms in total. The molecule has 3 rings (SSSR count). The molecule has 1 aliphatic rings. The number of aromatic nitrogens is 3. The summed E-state index contributed by atoms with van der Waals surface area (Å²) in [7, 11) is 0. The van der Waals surface area contributed by atoms with Gasteiger partial charge in [0.25, 0.3) is 0 Å². The van der Waals surface area contributed by atoms with Gasteiger partial charge in [0.15, 0.2) is 17.7 Å². The highest BCUT2D eigenvalue weighted by atomic mass is 32.1. The maximum Gasteiger partial charge on any atom is 0.361 e. The Morgan fingerprint density at radius 2 is 2.30 bits per heavy atom. The van der Waals surface area contributed by atoms with Crippen molar-refractivity contribution < 1.29 is 29.2 Å². The van der Waals surface area contributed by atoms with E-state index in [-0.39, 0.29) is 18.9 Å². The van der Waals surface area contributed by atoms with Gasteiger partial charge in [0.1, 0.15) is 11.8 Å². The number of nitrogens with zero attached hydrogens (tertiary/aromatic N) is 3. The normalized spacial score (nSPS) is 22.9. The summed E-state index contributed by atoms with van der Waals surface area (Å²) in [5, 5.41) is 29.5. The van der Waals surface area contributed by atoms with Crippen LogP contribution >= 0.6 is 11.3 Å². The Kier molecular flexibility index (Phi) is 5.92. The number of carbonyl (C=O) groups is 1. The van der Waals surface area contributed by atoms with E-state index < -0.39 is 30.2 Å². The Labute approximate surface area is 160 Å². The van der Waals surface area contributed by atoms with Crippen LogP contribution in [0.15, 0.2) is 17.5 Å². The molecule has 0 amide bonds. The molecule has 3 atom stereocenters. The zero-order valence-electron chi connectivity index (χ0n) is 15.4. The fourth-order valence-electron chi connectivity index (χ4n) is 2.98. The number of aliphatic hydroxyl groups excluding tert-OH is 1. The number of carbonyl (C=O) groups excluding carboxylic acids is 1. The smallest absolute Gasteiger partial charge is 0.361 e. The maximum atomic E-state index is 12.3. The first kappa shape index (κ1) is 19.9. The average Bonchev–Trinajstić information content (AvgIpc) is 3.31. The lowest BCUT2D eigenvalue weighted by Gasteiger charge is -2.25. The SMILES string of the molecule is CCOC(=O)c1nnn([C@H]2C[C@H](OC(C)(C)O)[C@@H](CO)O2)c1-c1cccs1. The van der Waals surface area contributed by atoms with Crippen LogP contribution in [0.2, 0.25) is 0 Å². The zero-order valence-corrected chi connectivity index (χ0v) is 16.2. The van der Waals surface area contributed by atoms with Crippen molar-refractivity contribution in [2.75, 3.05) is 13.2 Å². The molecule has 2 N–H and O–H groups in total. The monoisotopic (exact) mass is 397 g/mol. The minimum atomic E-state index is -1.37. The summed E-state index contributed by atoms with van der Waals surface area (Å²) in [5.41, 5.74) is 0.601. The molecule has 0 bridgehead atoms. The molecule has 148 valence electrons. The van der Waals surface area contributed by atoms with Crippen LogP contribution in [0.3, 0.4) is 0 Å². The van der Waals surface area contributed by atoms with Crippen LogP contribution in [0.5, 0.6) is 0 Å². The molecule has 0 aliphatic carbocycles. The number of hydrogen-bond acceptors (Lipinski definition) is 9. The summed E-state index contributed by atoms with van der Waals surface area (Å²) in [4.78, 5) is 13.1. The molecule has 2 aromatic rings. The number of aliphatic hydroxyl groups is 2. The van der Waals surface area contributed by atoms with Gasteiger partial charge in [-0.25, -0.2) is 9.48 Å². The second-order valence-corrected chi connectivity index (χ2v) is 7.53. The third-order valence-electron chi connectivity index (χ3n) is 3.99. The molecule has 27 heavy (non-hydrogen) atoms. The van der Waals surface area contributed by atoms with Gasteiger partial charge in [-0.05, 0) is 32.2 Å². The summed E-state index contributed by atoms with van der Waals surface area (Å²) >= 11 is 1.44. The molecule has 3 heterocycles. The second kappa shape index (κ2) is 8.03. The average molecular weight is 397 g/mol. The first-order valence-corrected chi connectivity index (χ1v) is 9.54. The van der Waals surface area contributed by atoms with Crippen LogP contribution in [0.25, 0.3) is 10.6 Å². The largest absolute Gasteiger partial charge is 0.461 e.